The highest BCUT2D eigenvalue weighted by Gasteiger charge is 2.23. The van der Waals surface area contributed by atoms with Crippen molar-refractivity contribution in [3.05, 3.63) is 32.5 Å². The van der Waals surface area contributed by atoms with E-state index in [2.05, 4.69) is 44.5 Å². The van der Waals surface area contributed by atoms with Crippen molar-refractivity contribution >= 4 is 44.5 Å². The van der Waals surface area contributed by atoms with E-state index in [1.807, 2.05) is 0 Å². The van der Waals surface area contributed by atoms with E-state index >= 15 is 0 Å². The molecule has 0 bridgehead atoms. The summed E-state index contributed by atoms with van der Waals surface area (Å²) in [6.07, 6.45) is -2.38. The fourth-order valence-corrected chi connectivity index (χ4v) is 2.74. The van der Waals surface area contributed by atoms with E-state index in [0.717, 1.165) is 0 Å². The number of benzene rings is 1. The Balaban J connectivity index is 3.13. The topological polar surface area (TPSA) is 40.5 Å². The lowest BCUT2D eigenvalue weighted by Crippen LogP contribution is -2.21. The van der Waals surface area contributed by atoms with Gasteiger partial charge in [-0.25, -0.2) is 4.39 Å². The standard InChI is InChI=1S/C9H9Br2FO2S/c10-4-1-5(11)8(6(12)2-4)9(14)7(13)3-15/h1-2,7,9,13-15H,3H2. The highest BCUT2D eigenvalue weighted by Crippen LogP contribution is 2.31. The molecule has 0 amide bonds. The summed E-state index contributed by atoms with van der Waals surface area (Å²) >= 11 is 10.1. The third kappa shape index (κ3) is 3.17. The van der Waals surface area contributed by atoms with E-state index in [1.165, 1.54) is 6.07 Å². The Morgan fingerprint density at radius 1 is 1.33 bits per heavy atom. The van der Waals surface area contributed by atoms with Gasteiger partial charge in [-0.15, -0.1) is 0 Å². The molecule has 0 heterocycles. The Morgan fingerprint density at radius 2 is 1.93 bits per heavy atom. The van der Waals surface area contributed by atoms with Gasteiger partial charge in [-0.1, -0.05) is 31.9 Å². The molecule has 0 aromatic heterocycles. The summed E-state index contributed by atoms with van der Waals surface area (Å²) in [4.78, 5) is 0. The second-order valence-electron chi connectivity index (χ2n) is 2.98. The number of rotatable bonds is 3. The van der Waals surface area contributed by atoms with Crippen LogP contribution in [0.1, 0.15) is 11.7 Å². The van der Waals surface area contributed by atoms with Gasteiger partial charge in [-0.2, -0.15) is 12.6 Å². The van der Waals surface area contributed by atoms with Gasteiger partial charge in [0.25, 0.3) is 0 Å². The van der Waals surface area contributed by atoms with Gasteiger partial charge in [0, 0.05) is 20.3 Å². The molecule has 0 spiro atoms. The molecule has 1 aromatic rings. The minimum atomic E-state index is -1.29. The van der Waals surface area contributed by atoms with Crippen molar-refractivity contribution < 1.29 is 14.6 Å². The number of thiol groups is 1. The SMILES string of the molecule is OC(CS)C(O)c1c(F)cc(Br)cc1Br. The zero-order valence-electron chi connectivity index (χ0n) is 7.49. The molecule has 0 aliphatic carbocycles. The van der Waals surface area contributed by atoms with Crippen LogP contribution in [0.2, 0.25) is 0 Å². The maximum Gasteiger partial charge on any atom is 0.131 e. The molecule has 1 rings (SSSR count). The van der Waals surface area contributed by atoms with Crippen molar-refractivity contribution in [3.63, 3.8) is 0 Å². The number of aliphatic hydroxyl groups excluding tert-OH is 2. The van der Waals surface area contributed by atoms with Gasteiger partial charge >= 0.3 is 0 Å². The first kappa shape index (κ1) is 13.4. The second kappa shape index (κ2) is 5.63. The first-order chi connectivity index (χ1) is 6.97. The normalized spacial score (nSPS) is 15.1. The Bertz CT molecular complexity index is 339. The van der Waals surface area contributed by atoms with Gasteiger partial charge in [-0.3, -0.25) is 0 Å². The molecule has 2 N–H and O–H groups in total. The van der Waals surface area contributed by atoms with Crippen molar-refractivity contribution in [1.82, 2.24) is 0 Å². The molecule has 0 radical (unpaired) electrons. The summed E-state index contributed by atoms with van der Waals surface area (Å²) in [5.74, 6) is -0.520. The summed E-state index contributed by atoms with van der Waals surface area (Å²) in [5.41, 5.74) is 0.0414. The molecule has 0 fully saturated rings. The minimum absolute atomic E-state index is 0.0414. The molecule has 0 aliphatic rings. The molecule has 6 heteroatoms. The van der Waals surface area contributed by atoms with Gasteiger partial charge in [-0.05, 0) is 12.1 Å². The zero-order valence-corrected chi connectivity index (χ0v) is 11.6. The highest BCUT2D eigenvalue weighted by molar-refractivity contribution is 9.11. The lowest BCUT2D eigenvalue weighted by atomic mass is 10.1. The average Bonchev–Trinajstić information content (AvgIpc) is 2.14. The molecule has 2 unspecified atom stereocenters. The largest absolute Gasteiger partial charge is 0.389 e. The molecule has 1 aromatic carbocycles. The fourth-order valence-electron chi connectivity index (χ4n) is 1.13. The van der Waals surface area contributed by atoms with E-state index in [4.69, 9.17) is 0 Å². The van der Waals surface area contributed by atoms with Crippen LogP contribution >= 0.6 is 44.5 Å². The van der Waals surface area contributed by atoms with Crippen LogP contribution in [0.4, 0.5) is 4.39 Å². The molecular weight excluding hydrogens is 351 g/mol. The maximum atomic E-state index is 13.5. The molecule has 2 atom stereocenters. The molecule has 84 valence electrons. The predicted molar refractivity (Wildman–Crippen MR) is 66.6 cm³/mol. The van der Waals surface area contributed by atoms with Gasteiger partial charge in [0.1, 0.15) is 11.9 Å². The lowest BCUT2D eigenvalue weighted by molar-refractivity contribution is 0.0310. The maximum absolute atomic E-state index is 13.5. The van der Waals surface area contributed by atoms with E-state index < -0.39 is 18.0 Å². The van der Waals surface area contributed by atoms with Gasteiger partial charge < -0.3 is 10.2 Å². The van der Waals surface area contributed by atoms with Crippen molar-refractivity contribution in [2.24, 2.45) is 0 Å². The van der Waals surface area contributed by atoms with Gasteiger partial charge in [0.2, 0.25) is 0 Å². The summed E-state index contributed by atoms with van der Waals surface area (Å²) in [7, 11) is 0. The van der Waals surface area contributed by atoms with Crippen LogP contribution in [0.25, 0.3) is 0 Å². The monoisotopic (exact) mass is 358 g/mol. The molecular formula is C9H9Br2FO2S. The summed E-state index contributed by atoms with van der Waals surface area (Å²) < 4.78 is 14.5. The van der Waals surface area contributed by atoms with Crippen LogP contribution in [0.15, 0.2) is 21.1 Å². The smallest absolute Gasteiger partial charge is 0.131 e. The summed E-state index contributed by atoms with van der Waals surface area (Å²) in [6.45, 7) is 0. The van der Waals surface area contributed by atoms with Crippen LogP contribution < -0.4 is 0 Å². The van der Waals surface area contributed by atoms with Crippen molar-refractivity contribution in [1.29, 1.82) is 0 Å². The number of hydrogen-bond acceptors (Lipinski definition) is 3. The van der Waals surface area contributed by atoms with Gasteiger partial charge in [0.05, 0.1) is 6.10 Å². The van der Waals surface area contributed by atoms with E-state index in [1.54, 1.807) is 6.07 Å². The van der Waals surface area contributed by atoms with Crippen LogP contribution in [0.5, 0.6) is 0 Å². The number of halogens is 3. The van der Waals surface area contributed by atoms with Crippen LogP contribution in [0.3, 0.4) is 0 Å². The van der Waals surface area contributed by atoms with E-state index in [9.17, 15) is 14.6 Å². The molecule has 0 saturated carbocycles. The zero-order chi connectivity index (χ0) is 11.6. The first-order valence-corrected chi connectivity index (χ1v) is 6.30. The first-order valence-electron chi connectivity index (χ1n) is 4.08. The van der Waals surface area contributed by atoms with E-state index in [-0.39, 0.29) is 11.3 Å². The van der Waals surface area contributed by atoms with Gasteiger partial charge in [0.15, 0.2) is 0 Å². The Hall–Kier alpha value is 0.380. The lowest BCUT2D eigenvalue weighted by Gasteiger charge is -2.18. The average molecular weight is 360 g/mol. The molecule has 2 nitrogen and oxygen atoms in total. The fraction of sp³-hybridized carbons (Fsp3) is 0.333. The summed E-state index contributed by atoms with van der Waals surface area (Å²) in [6, 6.07) is 2.83. The summed E-state index contributed by atoms with van der Waals surface area (Å²) in [5, 5.41) is 19.0. The molecule has 0 aliphatic heterocycles. The highest BCUT2D eigenvalue weighted by atomic mass is 79.9. The Labute approximate surface area is 109 Å². The van der Waals surface area contributed by atoms with Crippen molar-refractivity contribution in [3.8, 4) is 0 Å². The predicted octanol–water partition coefficient (Wildman–Crippen LogP) is 2.67. The Morgan fingerprint density at radius 3 is 2.40 bits per heavy atom. The van der Waals surface area contributed by atoms with E-state index in [0.29, 0.717) is 8.95 Å². The third-order valence-electron chi connectivity index (χ3n) is 1.89. The quantitative estimate of drug-likeness (QED) is 0.726. The van der Waals surface area contributed by atoms with Crippen molar-refractivity contribution in [2.45, 2.75) is 12.2 Å². The number of hydrogen-bond donors (Lipinski definition) is 3. The second-order valence-corrected chi connectivity index (χ2v) is 5.11. The van der Waals surface area contributed by atoms with Crippen LogP contribution in [0, 0.1) is 5.82 Å². The molecule has 0 saturated heterocycles. The Kier molecular flexibility index (Phi) is 5.05. The minimum Gasteiger partial charge on any atom is -0.389 e. The third-order valence-corrected chi connectivity index (χ3v) is 3.38. The van der Waals surface area contributed by atoms with Crippen LogP contribution in [-0.2, 0) is 0 Å². The van der Waals surface area contributed by atoms with Crippen LogP contribution in [-0.4, -0.2) is 22.1 Å². The number of aliphatic hydroxyl groups is 2. The van der Waals surface area contributed by atoms with Crippen molar-refractivity contribution in [2.75, 3.05) is 5.75 Å². The molecule has 15 heavy (non-hydrogen) atoms.